The third-order valence-electron chi connectivity index (χ3n) is 5.99. The Balaban J connectivity index is 1.76. The van der Waals surface area contributed by atoms with E-state index in [1.165, 1.54) is 18.2 Å². The molecule has 1 unspecified atom stereocenters. The summed E-state index contributed by atoms with van der Waals surface area (Å²) in [4.78, 5) is 2.36. The molecule has 2 aliphatic heterocycles. The number of benzene rings is 2. The van der Waals surface area contributed by atoms with Gasteiger partial charge < -0.3 is 18.4 Å². The van der Waals surface area contributed by atoms with Crippen LogP contribution in [0, 0.1) is 0 Å². The van der Waals surface area contributed by atoms with Crippen LogP contribution in [0.1, 0.15) is 35.2 Å². The monoisotopic (exact) mass is 433 g/mol. The van der Waals surface area contributed by atoms with E-state index >= 15 is 0 Å². The fraction of sp³-hybridized carbons (Fsp3) is 0.455. The van der Waals surface area contributed by atoms with Crippen LogP contribution < -0.4 is 18.4 Å². The lowest BCUT2D eigenvalue weighted by Gasteiger charge is -2.42. The molecular formula is C22H27NO6S. The number of hydrogen-bond acceptors (Lipinski definition) is 7. The van der Waals surface area contributed by atoms with E-state index in [2.05, 4.69) is 17.0 Å². The molecule has 0 spiro atoms. The second-order valence-corrected chi connectivity index (χ2v) is 9.37. The molecule has 2 aliphatic rings. The summed E-state index contributed by atoms with van der Waals surface area (Å²) in [6.45, 7) is 3.03. The molecule has 4 rings (SSSR count). The van der Waals surface area contributed by atoms with Crippen molar-refractivity contribution in [2.75, 3.05) is 33.6 Å². The van der Waals surface area contributed by atoms with Gasteiger partial charge in [0.15, 0.2) is 23.0 Å². The summed E-state index contributed by atoms with van der Waals surface area (Å²) < 4.78 is 46.2. The molecule has 1 atom stereocenters. The lowest BCUT2D eigenvalue weighted by molar-refractivity contribution is 0.158. The van der Waals surface area contributed by atoms with Crippen molar-refractivity contribution in [1.29, 1.82) is 0 Å². The van der Waals surface area contributed by atoms with Crippen molar-refractivity contribution in [3.63, 3.8) is 0 Å². The van der Waals surface area contributed by atoms with Crippen molar-refractivity contribution in [2.45, 2.75) is 32.4 Å². The summed E-state index contributed by atoms with van der Waals surface area (Å²) in [7, 11) is 1.15. The first-order valence-electron chi connectivity index (χ1n) is 10.0. The molecule has 162 valence electrons. The van der Waals surface area contributed by atoms with E-state index in [-0.39, 0.29) is 11.8 Å². The molecule has 8 heteroatoms. The molecule has 0 fully saturated rings. The lowest BCUT2D eigenvalue weighted by atomic mass is 9.83. The van der Waals surface area contributed by atoms with Gasteiger partial charge in [-0.1, -0.05) is 6.07 Å². The van der Waals surface area contributed by atoms with E-state index in [9.17, 15) is 8.42 Å². The van der Waals surface area contributed by atoms with E-state index in [1.54, 1.807) is 27.2 Å². The van der Waals surface area contributed by atoms with Gasteiger partial charge >= 0.3 is 10.1 Å². The molecular weight excluding hydrogens is 406 g/mol. The molecule has 0 aliphatic carbocycles. The van der Waals surface area contributed by atoms with Crippen LogP contribution in [-0.4, -0.2) is 46.9 Å². The topological polar surface area (TPSA) is 74.3 Å². The van der Waals surface area contributed by atoms with E-state index in [1.807, 2.05) is 6.07 Å². The molecule has 0 saturated heterocycles. The fourth-order valence-electron chi connectivity index (χ4n) is 4.37. The van der Waals surface area contributed by atoms with Gasteiger partial charge in [0, 0.05) is 24.7 Å². The zero-order valence-electron chi connectivity index (χ0n) is 17.7. The second kappa shape index (κ2) is 8.00. The highest BCUT2D eigenvalue weighted by Crippen LogP contribution is 2.46. The highest BCUT2D eigenvalue weighted by Gasteiger charge is 2.35. The van der Waals surface area contributed by atoms with Crippen LogP contribution in [0.2, 0.25) is 0 Å². The summed E-state index contributed by atoms with van der Waals surface area (Å²) >= 11 is 0. The molecule has 2 heterocycles. The summed E-state index contributed by atoms with van der Waals surface area (Å²) in [5.41, 5.74) is 4.44. The number of hydrogen-bond donors (Lipinski definition) is 0. The molecule has 0 bridgehead atoms. The van der Waals surface area contributed by atoms with Crippen molar-refractivity contribution in [3.05, 3.63) is 46.5 Å². The Labute approximate surface area is 177 Å². The van der Waals surface area contributed by atoms with Gasteiger partial charge in [0.25, 0.3) is 0 Å². The largest absolute Gasteiger partial charge is 0.493 e. The number of ether oxygens (including phenoxy) is 3. The summed E-state index contributed by atoms with van der Waals surface area (Å²) in [6, 6.07) is 8.11. The van der Waals surface area contributed by atoms with Crippen molar-refractivity contribution < 1.29 is 26.8 Å². The minimum absolute atomic E-state index is 0.0961. The second-order valence-electron chi connectivity index (χ2n) is 7.51. The number of fused-ring (bicyclic) bond motifs is 4. The minimum Gasteiger partial charge on any atom is -0.493 e. The van der Waals surface area contributed by atoms with Gasteiger partial charge in [0.1, 0.15) is 0 Å². The molecule has 0 N–H and O–H groups in total. The standard InChI is InChI=1S/C22H27NO6S/c1-5-30(24,25)29-22-17-13-23-9-8-15-11-20(27-3)21(28-4)12-16(15)18(23)10-14(17)6-7-19(22)26-2/h6-7,11-12,18H,5,8-10,13H2,1-4H3. The minimum atomic E-state index is -3.66. The van der Waals surface area contributed by atoms with Crippen molar-refractivity contribution in [2.24, 2.45) is 0 Å². The number of rotatable bonds is 6. The average molecular weight is 434 g/mol. The van der Waals surface area contributed by atoms with E-state index in [0.29, 0.717) is 18.0 Å². The van der Waals surface area contributed by atoms with Crippen molar-refractivity contribution in [1.82, 2.24) is 4.90 Å². The SMILES string of the molecule is CCS(=O)(=O)Oc1c(OC)ccc2c1CN1CCc3cc(OC)c(OC)cc3C1C2. The van der Waals surface area contributed by atoms with Crippen LogP contribution in [0.5, 0.6) is 23.0 Å². The number of nitrogens with zero attached hydrogens (tertiary/aromatic N) is 1. The molecule has 0 radical (unpaired) electrons. The highest BCUT2D eigenvalue weighted by molar-refractivity contribution is 7.87. The molecule has 0 aromatic heterocycles. The third kappa shape index (κ3) is 3.58. The normalized spacial score (nSPS) is 18.1. The Bertz CT molecular complexity index is 1070. The van der Waals surface area contributed by atoms with Crippen LogP contribution in [0.3, 0.4) is 0 Å². The summed E-state index contributed by atoms with van der Waals surface area (Å²) in [5.74, 6) is 2.12. The zero-order chi connectivity index (χ0) is 21.5. The zero-order valence-corrected chi connectivity index (χ0v) is 18.5. The van der Waals surface area contributed by atoms with Crippen LogP contribution in [0.15, 0.2) is 24.3 Å². The maximum absolute atomic E-state index is 12.2. The summed E-state index contributed by atoms with van der Waals surface area (Å²) in [5, 5.41) is 0. The van der Waals surface area contributed by atoms with E-state index in [4.69, 9.17) is 18.4 Å². The maximum atomic E-state index is 12.2. The smallest absolute Gasteiger partial charge is 0.309 e. The average Bonchev–Trinajstić information content (AvgIpc) is 2.76. The molecule has 0 saturated carbocycles. The van der Waals surface area contributed by atoms with Gasteiger partial charge in [0.05, 0.1) is 27.1 Å². The predicted octanol–water partition coefficient (Wildman–Crippen LogP) is 3.10. The van der Waals surface area contributed by atoms with E-state index < -0.39 is 10.1 Å². The molecule has 30 heavy (non-hydrogen) atoms. The molecule has 0 amide bonds. The van der Waals surface area contributed by atoms with Crippen molar-refractivity contribution >= 4 is 10.1 Å². The van der Waals surface area contributed by atoms with Gasteiger partial charge in [-0.05, 0) is 54.7 Å². The Morgan fingerprint density at radius 1 is 1.00 bits per heavy atom. The molecule has 2 aromatic carbocycles. The Morgan fingerprint density at radius 2 is 1.70 bits per heavy atom. The third-order valence-corrected chi connectivity index (χ3v) is 7.12. The van der Waals surface area contributed by atoms with Gasteiger partial charge in [0.2, 0.25) is 0 Å². The van der Waals surface area contributed by atoms with Crippen LogP contribution in [-0.2, 0) is 29.5 Å². The molecule has 7 nitrogen and oxygen atoms in total. The van der Waals surface area contributed by atoms with E-state index in [0.717, 1.165) is 42.0 Å². The lowest BCUT2D eigenvalue weighted by Crippen LogP contribution is -2.39. The van der Waals surface area contributed by atoms with Gasteiger partial charge in [-0.2, -0.15) is 8.42 Å². The number of methoxy groups -OCH3 is 3. The van der Waals surface area contributed by atoms with Gasteiger partial charge in [-0.3, -0.25) is 4.90 Å². The van der Waals surface area contributed by atoms with Crippen LogP contribution in [0.4, 0.5) is 0 Å². The quantitative estimate of drug-likeness (QED) is 0.648. The maximum Gasteiger partial charge on any atom is 0.309 e. The Kier molecular flexibility index (Phi) is 5.55. The van der Waals surface area contributed by atoms with Gasteiger partial charge in [-0.25, -0.2) is 0 Å². The Hall–Kier alpha value is -2.45. The Morgan fingerprint density at radius 3 is 2.37 bits per heavy atom. The highest BCUT2D eigenvalue weighted by atomic mass is 32.2. The molecule has 2 aromatic rings. The fourth-order valence-corrected chi connectivity index (χ4v) is 4.92. The van der Waals surface area contributed by atoms with Crippen LogP contribution in [0.25, 0.3) is 0 Å². The summed E-state index contributed by atoms with van der Waals surface area (Å²) in [6.07, 6.45) is 1.64. The van der Waals surface area contributed by atoms with Gasteiger partial charge in [-0.15, -0.1) is 0 Å². The van der Waals surface area contributed by atoms with Crippen molar-refractivity contribution in [3.8, 4) is 23.0 Å². The first kappa shape index (κ1) is 20.8. The van der Waals surface area contributed by atoms with Crippen LogP contribution >= 0.6 is 0 Å². The predicted molar refractivity (Wildman–Crippen MR) is 113 cm³/mol. The first-order valence-corrected chi connectivity index (χ1v) is 11.6. The first-order chi connectivity index (χ1) is 14.4.